The average Bonchev–Trinajstić information content (AvgIpc) is 2.84. The fourth-order valence-electron chi connectivity index (χ4n) is 2.86. The molecule has 23 heavy (non-hydrogen) atoms. The van der Waals surface area contributed by atoms with Gasteiger partial charge in [-0.25, -0.2) is 4.98 Å². The van der Waals surface area contributed by atoms with Crippen LogP contribution >= 0.6 is 15.9 Å². The first-order valence-corrected chi connectivity index (χ1v) is 8.54. The van der Waals surface area contributed by atoms with E-state index in [4.69, 9.17) is 4.98 Å². The Kier molecular flexibility index (Phi) is 4.62. The summed E-state index contributed by atoms with van der Waals surface area (Å²) in [5, 5.41) is 0. The number of hydrogen-bond acceptors (Lipinski definition) is 2. The topological polar surface area (TPSA) is 30.7 Å². The minimum atomic E-state index is 0.909. The lowest BCUT2D eigenvalue weighted by Gasteiger charge is -2.12. The Bertz CT molecular complexity index is 817. The highest BCUT2D eigenvalue weighted by Gasteiger charge is 2.08. The first-order valence-electron chi connectivity index (χ1n) is 7.75. The lowest BCUT2D eigenvalue weighted by molar-refractivity contribution is 0.858. The quantitative estimate of drug-likeness (QED) is 0.664. The fourth-order valence-corrected chi connectivity index (χ4v) is 3.27. The molecule has 3 aromatic heterocycles. The van der Waals surface area contributed by atoms with E-state index in [9.17, 15) is 0 Å². The molecule has 0 fully saturated rings. The molecule has 118 valence electrons. The van der Waals surface area contributed by atoms with Crippen molar-refractivity contribution < 1.29 is 0 Å². The van der Waals surface area contributed by atoms with Crippen molar-refractivity contribution in [3.63, 3.8) is 0 Å². The van der Waals surface area contributed by atoms with Crippen molar-refractivity contribution in [1.29, 1.82) is 0 Å². The van der Waals surface area contributed by atoms with Crippen LogP contribution in [-0.2, 0) is 12.8 Å². The summed E-state index contributed by atoms with van der Waals surface area (Å²) in [4.78, 5) is 9.09. The van der Waals surface area contributed by atoms with E-state index in [1.807, 2.05) is 12.4 Å². The van der Waals surface area contributed by atoms with Crippen LogP contribution in [0.1, 0.15) is 28.2 Å². The summed E-state index contributed by atoms with van der Waals surface area (Å²) in [5.41, 5.74) is 6.00. The van der Waals surface area contributed by atoms with Gasteiger partial charge in [-0.05, 0) is 91.0 Å². The summed E-state index contributed by atoms with van der Waals surface area (Å²) < 4.78 is 3.23. The minimum Gasteiger partial charge on any atom is -0.303 e. The second kappa shape index (κ2) is 6.67. The van der Waals surface area contributed by atoms with E-state index < -0.39 is 0 Å². The maximum Gasteiger partial charge on any atom is 0.137 e. The Morgan fingerprint density at radius 1 is 0.957 bits per heavy atom. The number of pyridine rings is 2. The molecule has 0 radical (unpaired) electrons. The monoisotopic (exact) mass is 369 g/mol. The number of nitrogens with zero attached hydrogens (tertiary/aromatic N) is 3. The van der Waals surface area contributed by atoms with E-state index in [-0.39, 0.29) is 0 Å². The number of hydrogen-bond donors (Lipinski definition) is 0. The van der Waals surface area contributed by atoms with E-state index >= 15 is 0 Å². The van der Waals surface area contributed by atoms with Crippen molar-refractivity contribution in [3.05, 3.63) is 75.4 Å². The molecule has 0 amide bonds. The van der Waals surface area contributed by atoms with Crippen LogP contribution in [0, 0.1) is 20.8 Å². The smallest absolute Gasteiger partial charge is 0.137 e. The third-order valence-electron chi connectivity index (χ3n) is 3.94. The zero-order valence-electron chi connectivity index (χ0n) is 13.7. The molecule has 0 saturated heterocycles. The summed E-state index contributed by atoms with van der Waals surface area (Å²) >= 11 is 3.47. The maximum absolute atomic E-state index is 4.87. The van der Waals surface area contributed by atoms with Crippen molar-refractivity contribution >= 4 is 15.9 Å². The van der Waals surface area contributed by atoms with Crippen molar-refractivity contribution in [2.75, 3.05) is 0 Å². The molecule has 3 rings (SSSR count). The third-order valence-corrected chi connectivity index (χ3v) is 4.37. The van der Waals surface area contributed by atoms with E-state index in [1.165, 1.54) is 22.5 Å². The predicted molar refractivity (Wildman–Crippen MR) is 97.1 cm³/mol. The zero-order chi connectivity index (χ0) is 16.4. The van der Waals surface area contributed by atoms with Crippen LogP contribution in [0.2, 0.25) is 0 Å². The average molecular weight is 370 g/mol. The fraction of sp³-hybridized carbons (Fsp3) is 0.263. The second-order valence-electron chi connectivity index (χ2n) is 5.96. The zero-order valence-corrected chi connectivity index (χ0v) is 15.3. The second-order valence-corrected chi connectivity index (χ2v) is 6.87. The molecular weight excluding hydrogens is 350 g/mol. The highest BCUT2D eigenvalue weighted by molar-refractivity contribution is 9.10. The molecule has 3 heterocycles. The Hall–Kier alpha value is -1.94. The van der Waals surface area contributed by atoms with Gasteiger partial charge in [-0.2, -0.15) is 0 Å². The standard InChI is InChI=1S/C19H20BrN3/c1-13-8-18(7-6-16-10-17(20)12-21-11-16)22-19(9-13)23-14(2)4-5-15(23)3/h4-5,8-12H,6-7H2,1-3H3. The van der Waals surface area contributed by atoms with Crippen molar-refractivity contribution in [2.24, 2.45) is 0 Å². The molecule has 4 heteroatoms. The summed E-state index contributed by atoms with van der Waals surface area (Å²) in [7, 11) is 0. The summed E-state index contributed by atoms with van der Waals surface area (Å²) in [6, 6.07) is 10.7. The molecule has 0 aliphatic carbocycles. The van der Waals surface area contributed by atoms with Gasteiger partial charge in [0.05, 0.1) is 0 Å². The minimum absolute atomic E-state index is 0.909. The van der Waals surface area contributed by atoms with Gasteiger partial charge >= 0.3 is 0 Å². The number of halogens is 1. The molecule has 3 aromatic rings. The van der Waals surface area contributed by atoms with Gasteiger partial charge in [0.1, 0.15) is 5.82 Å². The lowest BCUT2D eigenvalue weighted by atomic mass is 10.1. The van der Waals surface area contributed by atoms with Crippen LogP contribution in [0.4, 0.5) is 0 Å². The van der Waals surface area contributed by atoms with Crippen LogP contribution in [0.3, 0.4) is 0 Å². The molecule has 0 N–H and O–H groups in total. The summed E-state index contributed by atoms with van der Waals surface area (Å²) in [6.07, 6.45) is 5.57. The van der Waals surface area contributed by atoms with E-state index in [2.05, 4.69) is 76.6 Å². The Balaban J connectivity index is 1.86. The van der Waals surface area contributed by atoms with Crippen LogP contribution in [0.25, 0.3) is 5.82 Å². The van der Waals surface area contributed by atoms with E-state index in [0.29, 0.717) is 0 Å². The van der Waals surface area contributed by atoms with Crippen molar-refractivity contribution in [3.8, 4) is 5.82 Å². The van der Waals surface area contributed by atoms with Gasteiger partial charge in [0.2, 0.25) is 0 Å². The Labute approximate surface area is 145 Å². The van der Waals surface area contributed by atoms with Gasteiger partial charge in [-0.15, -0.1) is 0 Å². The molecule has 3 nitrogen and oxygen atoms in total. The normalized spacial score (nSPS) is 11.0. The lowest BCUT2D eigenvalue weighted by Crippen LogP contribution is -2.05. The molecule has 0 unspecified atom stereocenters. The van der Waals surface area contributed by atoms with E-state index in [1.54, 1.807) is 0 Å². The molecule has 0 bridgehead atoms. The molecule has 0 spiro atoms. The predicted octanol–water partition coefficient (Wildman–Crippen LogP) is 4.74. The first kappa shape index (κ1) is 15.9. The highest BCUT2D eigenvalue weighted by atomic mass is 79.9. The first-order chi connectivity index (χ1) is 11.0. The van der Waals surface area contributed by atoms with E-state index in [0.717, 1.165) is 28.8 Å². The van der Waals surface area contributed by atoms with Crippen molar-refractivity contribution in [2.45, 2.75) is 33.6 Å². The van der Waals surface area contributed by atoms with Crippen LogP contribution in [0.15, 0.2) is 47.2 Å². The molecular formula is C19H20BrN3. The molecule has 0 aliphatic heterocycles. The van der Waals surface area contributed by atoms with Gasteiger partial charge in [-0.1, -0.05) is 0 Å². The molecule has 0 aromatic carbocycles. The SMILES string of the molecule is Cc1cc(CCc2cncc(Br)c2)nc(-n2c(C)ccc2C)c1. The van der Waals surface area contributed by atoms with Crippen LogP contribution < -0.4 is 0 Å². The van der Waals surface area contributed by atoms with Gasteiger partial charge in [0, 0.05) is 33.9 Å². The van der Waals surface area contributed by atoms with Crippen LogP contribution in [0.5, 0.6) is 0 Å². The van der Waals surface area contributed by atoms with Gasteiger partial charge < -0.3 is 4.57 Å². The summed E-state index contributed by atoms with van der Waals surface area (Å²) in [6.45, 7) is 6.36. The Morgan fingerprint density at radius 3 is 2.39 bits per heavy atom. The molecule has 0 aliphatic rings. The maximum atomic E-state index is 4.87. The van der Waals surface area contributed by atoms with Crippen LogP contribution in [-0.4, -0.2) is 14.5 Å². The number of aromatic nitrogens is 3. The van der Waals surface area contributed by atoms with Crippen molar-refractivity contribution in [1.82, 2.24) is 14.5 Å². The Morgan fingerprint density at radius 2 is 1.70 bits per heavy atom. The number of aryl methyl sites for hydroxylation is 5. The van der Waals surface area contributed by atoms with Gasteiger partial charge in [-0.3, -0.25) is 4.98 Å². The largest absolute Gasteiger partial charge is 0.303 e. The highest BCUT2D eigenvalue weighted by Crippen LogP contribution is 2.18. The number of rotatable bonds is 4. The summed E-state index contributed by atoms with van der Waals surface area (Å²) in [5.74, 6) is 1.01. The van der Waals surface area contributed by atoms with Gasteiger partial charge in [0.15, 0.2) is 0 Å². The molecule has 0 atom stereocenters. The third kappa shape index (κ3) is 3.70. The van der Waals surface area contributed by atoms with Gasteiger partial charge in [0.25, 0.3) is 0 Å². The molecule has 0 saturated carbocycles.